The molecule has 1 amide bonds. The molecular weight excluding hydrogens is 343 g/mol. The molecule has 0 bridgehead atoms. The molecule has 1 fully saturated rings. The highest BCUT2D eigenvalue weighted by molar-refractivity contribution is 5.96. The average molecular weight is 363 g/mol. The molecule has 0 radical (unpaired) electrons. The summed E-state index contributed by atoms with van der Waals surface area (Å²) in [6.45, 7) is 6.13. The molecule has 0 unspecified atom stereocenters. The van der Waals surface area contributed by atoms with Gasteiger partial charge in [-0.3, -0.25) is 4.79 Å². The summed E-state index contributed by atoms with van der Waals surface area (Å²) in [5.41, 5.74) is 1.12. The van der Waals surface area contributed by atoms with Gasteiger partial charge in [-0.05, 0) is 36.5 Å². The van der Waals surface area contributed by atoms with Crippen LogP contribution < -0.4 is 0 Å². The molecule has 4 nitrogen and oxygen atoms in total. The Hall–Kier alpha value is -2.57. The highest BCUT2D eigenvalue weighted by atomic mass is 19.3. The van der Waals surface area contributed by atoms with E-state index in [0.717, 1.165) is 24.0 Å². The van der Waals surface area contributed by atoms with Crippen LogP contribution in [-0.4, -0.2) is 33.2 Å². The van der Waals surface area contributed by atoms with Crippen LogP contribution in [0.3, 0.4) is 0 Å². The Bertz CT molecular complexity index is 856. The van der Waals surface area contributed by atoms with Crippen molar-refractivity contribution in [1.82, 2.24) is 14.7 Å². The third-order valence-electron chi connectivity index (χ3n) is 4.56. The topological polar surface area (TPSA) is 38.1 Å². The molecule has 3 rings (SSSR count). The smallest absolute Gasteiger partial charge is 0.283 e. The van der Waals surface area contributed by atoms with E-state index in [4.69, 9.17) is 0 Å². The molecule has 1 heterocycles. The second-order valence-electron chi connectivity index (χ2n) is 6.56. The van der Waals surface area contributed by atoms with Crippen molar-refractivity contribution in [3.05, 3.63) is 59.2 Å². The standard InChI is InChI=1S/C19H20F3N3O/c1-11-6-4-5-7-14(11)12(2)10-25(13-8-9-13)19(26)15-16(17(20)21)23-24(3)18(15)22/h4-7,13,17H,2,8-10H2,1,3H3. The van der Waals surface area contributed by atoms with Crippen LogP contribution in [0, 0.1) is 12.9 Å². The Labute approximate surface area is 149 Å². The molecule has 7 heteroatoms. The number of halogens is 3. The third kappa shape index (κ3) is 3.38. The summed E-state index contributed by atoms with van der Waals surface area (Å²) in [5.74, 6) is -1.81. The van der Waals surface area contributed by atoms with Crippen molar-refractivity contribution >= 4 is 11.5 Å². The number of hydrogen-bond donors (Lipinski definition) is 0. The maximum atomic E-state index is 14.3. The van der Waals surface area contributed by atoms with Crippen molar-refractivity contribution < 1.29 is 18.0 Å². The maximum absolute atomic E-state index is 14.3. The van der Waals surface area contributed by atoms with Gasteiger partial charge in [-0.25, -0.2) is 13.5 Å². The van der Waals surface area contributed by atoms with Crippen molar-refractivity contribution in [2.45, 2.75) is 32.2 Å². The van der Waals surface area contributed by atoms with Gasteiger partial charge in [-0.15, -0.1) is 0 Å². The van der Waals surface area contributed by atoms with Crippen LogP contribution in [-0.2, 0) is 7.05 Å². The molecule has 0 spiro atoms. The number of nitrogens with zero attached hydrogens (tertiary/aromatic N) is 3. The van der Waals surface area contributed by atoms with Crippen LogP contribution >= 0.6 is 0 Å². The summed E-state index contributed by atoms with van der Waals surface area (Å²) in [4.78, 5) is 14.3. The van der Waals surface area contributed by atoms with Gasteiger partial charge in [0.1, 0.15) is 11.3 Å². The minimum atomic E-state index is -3.02. The summed E-state index contributed by atoms with van der Waals surface area (Å²) in [6, 6.07) is 7.50. The number of rotatable bonds is 6. The number of aryl methyl sites for hydroxylation is 2. The van der Waals surface area contributed by atoms with Crippen LogP contribution in [0.25, 0.3) is 5.57 Å². The van der Waals surface area contributed by atoms with Crippen LogP contribution in [0.2, 0.25) is 0 Å². The lowest BCUT2D eigenvalue weighted by molar-refractivity contribution is 0.0747. The minimum Gasteiger partial charge on any atom is -0.331 e. The molecule has 1 aliphatic rings. The van der Waals surface area contributed by atoms with Crippen molar-refractivity contribution in [2.75, 3.05) is 6.54 Å². The second-order valence-corrected chi connectivity index (χ2v) is 6.56. The zero-order chi connectivity index (χ0) is 19.0. The van der Waals surface area contributed by atoms with Crippen LogP contribution in [0.15, 0.2) is 30.8 Å². The van der Waals surface area contributed by atoms with Crippen molar-refractivity contribution in [1.29, 1.82) is 0 Å². The Morgan fingerprint density at radius 2 is 2.04 bits per heavy atom. The first kappa shape index (κ1) is 18.2. The van der Waals surface area contributed by atoms with Gasteiger partial charge in [0.15, 0.2) is 0 Å². The van der Waals surface area contributed by atoms with E-state index < -0.39 is 29.5 Å². The Kier molecular flexibility index (Phi) is 4.89. The van der Waals surface area contributed by atoms with E-state index in [1.165, 1.54) is 11.9 Å². The highest BCUT2D eigenvalue weighted by Gasteiger charge is 2.38. The fourth-order valence-electron chi connectivity index (χ4n) is 3.03. The van der Waals surface area contributed by atoms with Gasteiger partial charge in [0, 0.05) is 19.6 Å². The Morgan fingerprint density at radius 1 is 1.38 bits per heavy atom. The molecule has 1 aromatic heterocycles. The molecule has 1 saturated carbocycles. The number of carbonyl (C=O) groups excluding carboxylic acids is 1. The predicted molar refractivity (Wildman–Crippen MR) is 92.4 cm³/mol. The Morgan fingerprint density at radius 3 is 2.62 bits per heavy atom. The van der Waals surface area contributed by atoms with E-state index in [1.807, 2.05) is 31.2 Å². The van der Waals surface area contributed by atoms with E-state index in [9.17, 15) is 18.0 Å². The number of alkyl halides is 2. The fraction of sp³-hybridized carbons (Fsp3) is 0.368. The number of aromatic nitrogens is 2. The normalized spacial score (nSPS) is 13.9. The van der Waals surface area contributed by atoms with Gasteiger partial charge in [0.05, 0.1) is 0 Å². The lowest BCUT2D eigenvalue weighted by Gasteiger charge is -2.24. The molecule has 26 heavy (non-hydrogen) atoms. The quantitative estimate of drug-likeness (QED) is 0.774. The van der Waals surface area contributed by atoms with Crippen LogP contribution in [0.1, 0.15) is 46.4 Å². The van der Waals surface area contributed by atoms with Gasteiger partial charge < -0.3 is 4.90 Å². The van der Waals surface area contributed by atoms with E-state index in [2.05, 4.69) is 11.7 Å². The molecule has 0 saturated heterocycles. The maximum Gasteiger partial charge on any atom is 0.283 e. The van der Waals surface area contributed by atoms with Crippen LogP contribution in [0.4, 0.5) is 13.2 Å². The molecule has 138 valence electrons. The summed E-state index contributed by atoms with van der Waals surface area (Å²) in [6.07, 6.45) is -1.50. The molecule has 1 aromatic carbocycles. The van der Waals surface area contributed by atoms with E-state index in [1.54, 1.807) is 0 Å². The Balaban J connectivity index is 1.91. The SMILES string of the molecule is C=C(CN(C(=O)c1c(C(F)F)nn(C)c1F)C1CC1)c1ccccc1C. The molecular formula is C19H20F3N3O. The predicted octanol–water partition coefficient (Wildman–Crippen LogP) is 4.12. The van der Waals surface area contributed by atoms with Gasteiger partial charge in [-0.2, -0.15) is 9.49 Å². The van der Waals surface area contributed by atoms with E-state index in [0.29, 0.717) is 10.3 Å². The fourth-order valence-corrected chi connectivity index (χ4v) is 3.03. The zero-order valence-corrected chi connectivity index (χ0v) is 14.7. The molecule has 0 atom stereocenters. The lowest BCUT2D eigenvalue weighted by atomic mass is 10.0. The molecule has 1 aliphatic carbocycles. The van der Waals surface area contributed by atoms with E-state index in [-0.39, 0.29) is 12.6 Å². The lowest BCUT2D eigenvalue weighted by Crippen LogP contribution is -2.35. The van der Waals surface area contributed by atoms with Gasteiger partial charge in [0.25, 0.3) is 12.3 Å². The second kappa shape index (κ2) is 6.97. The minimum absolute atomic E-state index is 0.0894. The third-order valence-corrected chi connectivity index (χ3v) is 4.56. The first-order valence-corrected chi connectivity index (χ1v) is 8.36. The highest BCUT2D eigenvalue weighted by Crippen LogP contribution is 2.33. The first-order valence-electron chi connectivity index (χ1n) is 8.36. The number of hydrogen-bond acceptors (Lipinski definition) is 2. The van der Waals surface area contributed by atoms with Crippen molar-refractivity contribution in [3.63, 3.8) is 0 Å². The van der Waals surface area contributed by atoms with Gasteiger partial charge in [-0.1, -0.05) is 30.8 Å². The van der Waals surface area contributed by atoms with Gasteiger partial charge in [0.2, 0.25) is 5.95 Å². The number of benzene rings is 1. The number of amides is 1. The molecule has 2 aromatic rings. The largest absolute Gasteiger partial charge is 0.331 e. The summed E-state index contributed by atoms with van der Waals surface area (Å²) in [5, 5.41) is 3.47. The van der Waals surface area contributed by atoms with Crippen molar-refractivity contribution in [2.24, 2.45) is 7.05 Å². The van der Waals surface area contributed by atoms with E-state index >= 15 is 0 Å². The van der Waals surface area contributed by atoms with Crippen molar-refractivity contribution in [3.8, 4) is 0 Å². The van der Waals surface area contributed by atoms with Gasteiger partial charge >= 0.3 is 0 Å². The summed E-state index contributed by atoms with van der Waals surface area (Å²) in [7, 11) is 1.20. The first-order chi connectivity index (χ1) is 12.3. The summed E-state index contributed by atoms with van der Waals surface area (Å²) < 4.78 is 41.4. The average Bonchev–Trinajstić information content (AvgIpc) is 3.38. The molecule has 0 N–H and O–H groups in total. The molecule has 0 aliphatic heterocycles. The number of carbonyl (C=O) groups is 1. The summed E-state index contributed by atoms with van der Waals surface area (Å²) >= 11 is 0. The van der Waals surface area contributed by atoms with Crippen LogP contribution in [0.5, 0.6) is 0 Å². The zero-order valence-electron chi connectivity index (χ0n) is 14.7. The monoisotopic (exact) mass is 363 g/mol.